The number of thiophene rings is 1. The Morgan fingerprint density at radius 2 is 2.05 bits per heavy atom. The van der Waals surface area contributed by atoms with Crippen LogP contribution in [0.5, 0.6) is 0 Å². The Morgan fingerprint density at radius 1 is 1.24 bits per heavy atom. The van der Waals surface area contributed by atoms with Crippen LogP contribution in [0.2, 0.25) is 0 Å². The molecule has 0 radical (unpaired) electrons. The molecule has 0 saturated carbocycles. The zero-order valence-corrected chi connectivity index (χ0v) is 14.2. The third-order valence-corrected chi connectivity index (χ3v) is 5.69. The fourth-order valence-electron chi connectivity index (χ4n) is 2.90. The normalized spacial score (nSPS) is 19.3. The summed E-state index contributed by atoms with van der Waals surface area (Å²) in [4.78, 5) is 15.5. The van der Waals surface area contributed by atoms with Crippen molar-refractivity contribution in [2.24, 2.45) is 0 Å². The van der Waals surface area contributed by atoms with Gasteiger partial charge in [-0.15, -0.1) is 11.3 Å². The summed E-state index contributed by atoms with van der Waals surface area (Å²) in [7, 11) is 0. The fourth-order valence-corrected chi connectivity index (χ4v) is 4.30. The van der Waals surface area contributed by atoms with Gasteiger partial charge in [-0.1, -0.05) is 36.8 Å². The molecule has 1 aromatic carbocycles. The first kappa shape index (κ1) is 14.8. The van der Waals surface area contributed by atoms with E-state index >= 15 is 0 Å². The minimum Gasteiger partial charge on any atom is -0.337 e. The molecular weight excluding hydrogens is 346 g/mol. The van der Waals surface area contributed by atoms with Crippen LogP contribution in [0.15, 0.2) is 46.3 Å². The van der Waals surface area contributed by atoms with E-state index in [4.69, 9.17) is 0 Å². The maximum Gasteiger partial charge on any atom is 0.263 e. The average Bonchev–Trinajstić information content (AvgIpc) is 2.81. The summed E-state index contributed by atoms with van der Waals surface area (Å²) in [5.41, 5.74) is 1.35. The van der Waals surface area contributed by atoms with Crippen molar-refractivity contribution >= 4 is 33.2 Å². The molecule has 1 saturated heterocycles. The molecule has 1 atom stereocenters. The van der Waals surface area contributed by atoms with Crippen molar-refractivity contribution in [1.29, 1.82) is 0 Å². The van der Waals surface area contributed by atoms with E-state index in [9.17, 15) is 4.79 Å². The Bertz CT molecular complexity index is 610. The van der Waals surface area contributed by atoms with Gasteiger partial charge in [-0.2, -0.15) is 0 Å². The average molecular weight is 364 g/mol. The van der Waals surface area contributed by atoms with Gasteiger partial charge in [0.05, 0.1) is 4.88 Å². The lowest BCUT2D eigenvalue weighted by molar-refractivity contribution is 0.0759. The van der Waals surface area contributed by atoms with Crippen LogP contribution in [0.25, 0.3) is 0 Å². The summed E-state index contributed by atoms with van der Waals surface area (Å²) >= 11 is 4.95. The van der Waals surface area contributed by atoms with Gasteiger partial charge in [-0.3, -0.25) is 4.79 Å². The first-order valence-electron chi connectivity index (χ1n) is 7.32. The Balaban J connectivity index is 1.77. The van der Waals surface area contributed by atoms with Crippen LogP contribution in [0.4, 0.5) is 0 Å². The number of halogens is 1. The largest absolute Gasteiger partial charge is 0.337 e. The predicted octanol–water partition coefficient (Wildman–Crippen LogP) is 4.92. The highest BCUT2D eigenvalue weighted by Gasteiger charge is 2.24. The number of likely N-dealkylation sites (tertiary alicyclic amines) is 1. The highest BCUT2D eigenvalue weighted by Crippen LogP contribution is 2.28. The molecule has 0 bridgehead atoms. The number of hydrogen-bond donors (Lipinski definition) is 0. The number of rotatable bonds is 2. The second kappa shape index (κ2) is 6.75. The van der Waals surface area contributed by atoms with Crippen LogP contribution >= 0.6 is 27.3 Å². The highest BCUT2D eigenvalue weighted by atomic mass is 79.9. The van der Waals surface area contributed by atoms with Gasteiger partial charge in [0.25, 0.3) is 5.91 Å². The molecule has 1 amide bonds. The molecule has 2 heterocycles. The van der Waals surface area contributed by atoms with Crippen LogP contribution < -0.4 is 0 Å². The second-order valence-electron chi connectivity index (χ2n) is 5.48. The van der Waals surface area contributed by atoms with Crippen LogP contribution in [-0.4, -0.2) is 23.9 Å². The Kier molecular flexibility index (Phi) is 4.76. The molecule has 1 aromatic heterocycles. The van der Waals surface area contributed by atoms with E-state index in [2.05, 4.69) is 40.2 Å². The summed E-state index contributed by atoms with van der Waals surface area (Å²) in [5, 5.41) is 1.97. The number of nitrogens with zero attached hydrogens (tertiary/aromatic N) is 1. The van der Waals surface area contributed by atoms with E-state index in [0.29, 0.717) is 5.92 Å². The molecule has 0 spiro atoms. The molecule has 21 heavy (non-hydrogen) atoms. The summed E-state index contributed by atoms with van der Waals surface area (Å²) in [5.74, 6) is 0.634. The van der Waals surface area contributed by atoms with Crippen molar-refractivity contribution < 1.29 is 4.79 Å². The van der Waals surface area contributed by atoms with Gasteiger partial charge >= 0.3 is 0 Å². The van der Waals surface area contributed by atoms with Crippen molar-refractivity contribution in [3.05, 3.63) is 56.7 Å². The molecule has 0 N–H and O–H groups in total. The van der Waals surface area contributed by atoms with Crippen LogP contribution in [-0.2, 0) is 0 Å². The number of amides is 1. The third kappa shape index (κ3) is 3.55. The number of benzene rings is 1. The minimum absolute atomic E-state index is 0.175. The molecule has 1 aliphatic rings. The van der Waals surface area contributed by atoms with Gasteiger partial charge < -0.3 is 4.90 Å². The van der Waals surface area contributed by atoms with Crippen molar-refractivity contribution in [1.82, 2.24) is 4.90 Å². The maximum absolute atomic E-state index is 12.7. The van der Waals surface area contributed by atoms with Gasteiger partial charge in [0.2, 0.25) is 0 Å². The van der Waals surface area contributed by atoms with Crippen LogP contribution in [0.3, 0.4) is 0 Å². The van der Waals surface area contributed by atoms with E-state index in [1.54, 1.807) is 0 Å². The predicted molar refractivity (Wildman–Crippen MR) is 91.0 cm³/mol. The molecule has 0 aliphatic carbocycles. The molecular formula is C17H18BrNOS. The number of carbonyl (C=O) groups is 1. The Hall–Kier alpha value is -1.13. The number of hydrogen-bond acceptors (Lipinski definition) is 2. The van der Waals surface area contributed by atoms with Crippen molar-refractivity contribution in [2.75, 3.05) is 13.1 Å². The molecule has 1 aliphatic heterocycles. The Morgan fingerprint density at radius 3 is 2.76 bits per heavy atom. The molecule has 1 fully saturated rings. The van der Waals surface area contributed by atoms with Crippen molar-refractivity contribution in [2.45, 2.75) is 25.2 Å². The lowest BCUT2D eigenvalue weighted by Crippen LogP contribution is -2.33. The first-order valence-corrected chi connectivity index (χ1v) is 8.99. The highest BCUT2D eigenvalue weighted by molar-refractivity contribution is 9.10. The van der Waals surface area contributed by atoms with E-state index < -0.39 is 0 Å². The van der Waals surface area contributed by atoms with Gasteiger partial charge in [-0.05, 0) is 40.4 Å². The minimum atomic E-state index is 0.175. The van der Waals surface area contributed by atoms with Gasteiger partial charge in [0, 0.05) is 28.9 Å². The molecule has 2 nitrogen and oxygen atoms in total. The molecule has 110 valence electrons. The lowest BCUT2D eigenvalue weighted by Gasteiger charge is -2.24. The summed E-state index contributed by atoms with van der Waals surface area (Å²) in [6, 6.07) is 12.5. The zero-order chi connectivity index (χ0) is 14.7. The first-order chi connectivity index (χ1) is 10.2. The van der Waals surface area contributed by atoms with Gasteiger partial charge in [-0.25, -0.2) is 0 Å². The quantitative estimate of drug-likeness (QED) is 0.741. The van der Waals surface area contributed by atoms with Crippen LogP contribution in [0.1, 0.15) is 40.4 Å². The monoisotopic (exact) mass is 363 g/mol. The lowest BCUT2D eigenvalue weighted by atomic mass is 9.94. The molecule has 2 aromatic rings. The maximum atomic E-state index is 12.7. The zero-order valence-electron chi connectivity index (χ0n) is 11.8. The third-order valence-electron chi connectivity index (χ3n) is 4.01. The molecule has 4 heteroatoms. The summed E-state index contributed by atoms with van der Waals surface area (Å²) < 4.78 is 0.991. The second-order valence-corrected chi connectivity index (χ2v) is 7.31. The molecule has 0 unspecified atom stereocenters. The summed E-state index contributed by atoms with van der Waals surface area (Å²) in [6.45, 7) is 1.70. The van der Waals surface area contributed by atoms with E-state index in [1.165, 1.54) is 29.7 Å². The standard InChI is InChI=1S/C17H18BrNOS/c18-15-10-16(21-12-15)17(20)19-9-5-4-8-14(11-19)13-6-2-1-3-7-13/h1-3,6-7,10,12,14H,4-5,8-9,11H2/t14-/m0/s1. The van der Waals surface area contributed by atoms with E-state index in [1.807, 2.05) is 22.4 Å². The molecule has 3 rings (SSSR count). The van der Waals surface area contributed by atoms with Gasteiger partial charge in [0.15, 0.2) is 0 Å². The Labute approximate surface area is 137 Å². The van der Waals surface area contributed by atoms with Crippen LogP contribution in [0, 0.1) is 0 Å². The summed E-state index contributed by atoms with van der Waals surface area (Å²) in [6.07, 6.45) is 3.46. The van der Waals surface area contributed by atoms with E-state index in [-0.39, 0.29) is 5.91 Å². The van der Waals surface area contributed by atoms with E-state index in [0.717, 1.165) is 28.9 Å². The SMILES string of the molecule is O=C(c1cc(Br)cs1)N1CCCC[C@H](c2ccccc2)C1. The van der Waals surface area contributed by atoms with Gasteiger partial charge in [0.1, 0.15) is 0 Å². The van der Waals surface area contributed by atoms with Crippen molar-refractivity contribution in [3.8, 4) is 0 Å². The smallest absolute Gasteiger partial charge is 0.263 e. The number of carbonyl (C=O) groups excluding carboxylic acids is 1. The van der Waals surface area contributed by atoms with Crippen molar-refractivity contribution in [3.63, 3.8) is 0 Å². The fraction of sp³-hybridized carbons (Fsp3) is 0.353. The topological polar surface area (TPSA) is 20.3 Å².